The van der Waals surface area contributed by atoms with E-state index in [2.05, 4.69) is 0 Å². The molecule has 19 rings (SSSR count). The Bertz CT molecular complexity index is 7310. The fourth-order valence-corrected chi connectivity index (χ4v) is 16.6. The summed E-state index contributed by atoms with van der Waals surface area (Å²) in [5.74, 6) is 1.71. The van der Waals surface area contributed by atoms with E-state index < -0.39 is 64.3 Å². The number of hydrogen-bond acceptors (Lipinski definition) is 6. The van der Waals surface area contributed by atoms with Gasteiger partial charge in [-0.05, 0) is 244 Å². The second-order valence-electron chi connectivity index (χ2n) is 31.3. The maximum absolute atomic E-state index is 14.7. The van der Waals surface area contributed by atoms with Gasteiger partial charge in [0.05, 0.1) is 55.6 Å². The van der Waals surface area contributed by atoms with Gasteiger partial charge in [-0.25, -0.2) is 29.9 Å². The van der Waals surface area contributed by atoms with Crippen molar-refractivity contribution in [2.45, 2.75) is 51.7 Å². The van der Waals surface area contributed by atoms with Crippen molar-refractivity contribution in [1.82, 2.24) is 39.0 Å². The topological polar surface area (TPSA) is 87.2 Å². The summed E-state index contributed by atoms with van der Waals surface area (Å²) in [7, 11) is 0. The summed E-state index contributed by atoms with van der Waals surface area (Å²) in [6, 6.07) is 88.3. The van der Waals surface area contributed by atoms with Gasteiger partial charge in [0, 0.05) is 66.2 Å². The molecule has 0 radical (unpaired) electrons. The van der Waals surface area contributed by atoms with Crippen molar-refractivity contribution in [1.29, 1.82) is 0 Å². The summed E-state index contributed by atoms with van der Waals surface area (Å²) in [4.78, 5) is 30.7. The first-order valence-electron chi connectivity index (χ1n) is 39.9. The number of rotatable bonds is 14. The summed E-state index contributed by atoms with van der Waals surface area (Å²) in [5.41, 5.74) is 4.90. The van der Waals surface area contributed by atoms with Gasteiger partial charge in [-0.2, -0.15) is 65.9 Å². The first kappa shape index (κ1) is 81.5. The van der Waals surface area contributed by atoms with Gasteiger partial charge in [0.2, 0.25) is 0 Å². The lowest BCUT2D eigenvalue weighted by molar-refractivity contribution is -0.143. The minimum atomic E-state index is -5.21. The number of aromatic nitrogens is 8. The van der Waals surface area contributed by atoms with E-state index in [-0.39, 0.29) is 62.6 Å². The molecule has 4 heterocycles. The van der Waals surface area contributed by atoms with Crippen LogP contribution in [0.1, 0.15) is 44.5 Å². The number of alkyl halides is 15. The molecule has 127 heavy (non-hydrogen) atoms. The molecule has 0 unspecified atom stereocenters. The molecule has 0 atom stereocenters. The molecule has 0 aliphatic carbocycles. The fraction of sp³-hybridized carbons (Fsp3) is 0.0769. The van der Waals surface area contributed by atoms with E-state index in [1.54, 1.807) is 92.7 Å². The summed E-state index contributed by atoms with van der Waals surface area (Å²) in [6.45, 7) is 4.65. The molecule has 19 aromatic rings. The molecule has 0 saturated heterocycles. The summed E-state index contributed by atoms with van der Waals surface area (Å²) < 4.78 is 225. The van der Waals surface area contributed by atoms with E-state index in [9.17, 15) is 65.9 Å². The lowest BCUT2D eigenvalue weighted by Gasteiger charge is -2.18. The van der Waals surface area contributed by atoms with Gasteiger partial charge < -0.3 is 9.13 Å². The summed E-state index contributed by atoms with van der Waals surface area (Å²) in [5, 5.41) is 1.67. The molecule has 4 aromatic heterocycles. The van der Waals surface area contributed by atoms with Crippen molar-refractivity contribution in [3.05, 3.63) is 372 Å². The van der Waals surface area contributed by atoms with Crippen LogP contribution in [0.4, 0.5) is 65.9 Å². The van der Waals surface area contributed by atoms with Crippen molar-refractivity contribution in [2.24, 2.45) is 0 Å². The molecule has 0 aliphatic heterocycles. The maximum Gasteiger partial charge on any atom is 0.416 e. The minimum Gasteiger partial charge on any atom is -0.309 e. The van der Waals surface area contributed by atoms with E-state index in [0.717, 1.165) is 36.4 Å². The smallest absolute Gasteiger partial charge is 0.309 e. The van der Waals surface area contributed by atoms with Crippen LogP contribution < -0.4 is 0 Å². The van der Waals surface area contributed by atoms with Crippen molar-refractivity contribution >= 4 is 43.6 Å². The Morgan fingerprint density at radius 2 is 0.449 bits per heavy atom. The Morgan fingerprint density at radius 1 is 0.189 bits per heavy atom. The molecule has 23 heteroatoms. The molecule has 0 fully saturated rings. The lowest BCUT2D eigenvalue weighted by atomic mass is 9.95. The average Bonchev–Trinajstić information content (AvgIpc) is 1.58. The van der Waals surface area contributed by atoms with Crippen molar-refractivity contribution in [3.63, 3.8) is 0 Å². The van der Waals surface area contributed by atoms with E-state index >= 15 is 0 Å². The highest BCUT2D eigenvalue weighted by atomic mass is 19.4. The monoisotopic (exact) mass is 1710 g/mol. The lowest BCUT2D eigenvalue weighted by Crippen LogP contribution is -2.11. The van der Waals surface area contributed by atoms with Crippen LogP contribution in [-0.4, -0.2) is 39.0 Å². The van der Waals surface area contributed by atoms with E-state index in [1.165, 1.54) is 19.1 Å². The van der Waals surface area contributed by atoms with Crippen LogP contribution in [0.25, 0.3) is 190 Å². The van der Waals surface area contributed by atoms with Crippen LogP contribution in [0.3, 0.4) is 0 Å². The predicted molar refractivity (Wildman–Crippen MR) is 466 cm³/mol. The molecule has 8 nitrogen and oxygen atoms in total. The zero-order valence-electron chi connectivity index (χ0n) is 66.9. The standard InChI is InChI=1S/C104H63F15N8/c1-58-37-72(45-78(40-58)100(105,106)107)66-27-32-90-85(52-66)86-55-69(76-48-81(103(114,115)116)57-82(49-76)104(117,118)119)28-33-91(86)126(90)83-50-75(44-77(51-83)99-124-96(63-21-12-6-13-22-63)121-97(125-99)64-23-14-7-15-24-64)65-25-16-26-70(43-65)84-56-71(98-122-94(61-17-8-4-9-18-61)120-95(123-98)62-19-10-5-11-20-62)31-36-89(84)127-92-34-29-67(73-38-59(2)41-79(46-73)101(108,109)110)53-87(92)88-54-68(30-35-93(88)127)74-39-60(3)42-80(47-74)102(111,112)113/h4-57H,1-3H3. The van der Waals surface area contributed by atoms with Crippen molar-refractivity contribution < 1.29 is 65.9 Å². The third-order valence-electron chi connectivity index (χ3n) is 22.5. The van der Waals surface area contributed by atoms with Crippen LogP contribution in [0.5, 0.6) is 0 Å². The summed E-state index contributed by atoms with van der Waals surface area (Å²) >= 11 is 0. The zero-order valence-corrected chi connectivity index (χ0v) is 66.9. The van der Waals surface area contributed by atoms with E-state index in [0.29, 0.717) is 157 Å². The predicted octanol–water partition coefficient (Wildman–Crippen LogP) is 30.3. The van der Waals surface area contributed by atoms with Crippen molar-refractivity contribution in [2.75, 3.05) is 0 Å². The van der Waals surface area contributed by atoms with Gasteiger partial charge in [-0.1, -0.05) is 182 Å². The molecular formula is C104H63F15N8. The van der Waals surface area contributed by atoms with Crippen LogP contribution in [0.15, 0.2) is 328 Å². The second kappa shape index (κ2) is 31.3. The number of fused-ring (bicyclic) bond motifs is 6. The molecule has 0 amide bonds. The van der Waals surface area contributed by atoms with Crippen LogP contribution >= 0.6 is 0 Å². The van der Waals surface area contributed by atoms with E-state index in [1.807, 2.05) is 191 Å². The number of halogens is 15. The van der Waals surface area contributed by atoms with Gasteiger partial charge in [-0.15, -0.1) is 0 Å². The number of aryl methyl sites for hydroxylation is 3. The number of hydrogen-bond donors (Lipinski definition) is 0. The van der Waals surface area contributed by atoms with Crippen LogP contribution in [0.2, 0.25) is 0 Å². The third-order valence-corrected chi connectivity index (χ3v) is 22.5. The highest BCUT2D eigenvalue weighted by Gasteiger charge is 2.39. The van der Waals surface area contributed by atoms with Crippen LogP contribution in [-0.2, 0) is 30.9 Å². The normalized spacial score (nSPS) is 12.3. The molecule has 624 valence electrons. The number of benzene rings is 15. The Labute approximate surface area is 715 Å². The molecule has 0 aliphatic rings. The van der Waals surface area contributed by atoms with Crippen LogP contribution in [0, 0.1) is 20.8 Å². The second-order valence-corrected chi connectivity index (χ2v) is 31.3. The van der Waals surface area contributed by atoms with Gasteiger partial charge >= 0.3 is 30.9 Å². The first-order chi connectivity index (χ1) is 60.7. The Hall–Kier alpha value is -15.1. The molecule has 0 spiro atoms. The number of nitrogens with zero attached hydrogens (tertiary/aromatic N) is 8. The first-order valence-corrected chi connectivity index (χ1v) is 39.9. The molecule has 0 bridgehead atoms. The van der Waals surface area contributed by atoms with E-state index in [4.69, 9.17) is 29.9 Å². The fourth-order valence-electron chi connectivity index (χ4n) is 16.6. The summed E-state index contributed by atoms with van der Waals surface area (Å²) in [6.07, 6.45) is -24.6. The van der Waals surface area contributed by atoms with Crippen molar-refractivity contribution in [3.8, 4) is 146 Å². The molecule has 15 aromatic carbocycles. The third kappa shape index (κ3) is 16.1. The maximum atomic E-state index is 14.7. The highest BCUT2D eigenvalue weighted by Crippen LogP contribution is 2.48. The minimum absolute atomic E-state index is 0.0389. The van der Waals surface area contributed by atoms with Gasteiger partial charge in [0.1, 0.15) is 0 Å². The Balaban J connectivity index is 0.879. The highest BCUT2D eigenvalue weighted by molar-refractivity contribution is 6.14. The quantitative estimate of drug-likeness (QED) is 0.101. The van der Waals surface area contributed by atoms with Gasteiger partial charge in [0.15, 0.2) is 34.9 Å². The molecular weight excluding hydrogens is 1650 g/mol. The molecule has 0 N–H and O–H groups in total. The van der Waals surface area contributed by atoms with Gasteiger partial charge in [0.25, 0.3) is 0 Å². The Kier molecular flexibility index (Phi) is 20.1. The Morgan fingerprint density at radius 3 is 0.795 bits per heavy atom. The largest absolute Gasteiger partial charge is 0.416 e. The SMILES string of the molecule is Cc1cc(-c2ccc3c(c2)c2cc(-c4cc(C(F)(F)F)cc(C(F)(F)F)c4)ccc2n3-c2cc(-c3cccc(-c4cc(-c5nc(-c6ccccc6)nc(-c6ccccc6)n5)ccc4-n4c5ccc(-c6cc(C)cc(C(F)(F)F)c6)cc5c5cc(-c6cc(C)cc(C(F)(F)F)c6)ccc54)c3)cc(-c3nc(-c4ccccc4)nc(-c4ccccc4)n3)c2)cc(C(F)(F)F)c1. The molecule has 0 saturated carbocycles. The zero-order chi connectivity index (χ0) is 88.3. The van der Waals surface area contributed by atoms with Gasteiger partial charge in [-0.3, -0.25) is 0 Å². The average molecular weight is 1710 g/mol.